The Kier molecular flexibility index (Phi) is 3.60. The molecule has 1 aromatic rings. The summed E-state index contributed by atoms with van der Waals surface area (Å²) in [5.74, 6) is -1.06. The van der Waals surface area contributed by atoms with Crippen LogP contribution in [-0.2, 0) is 4.79 Å². The van der Waals surface area contributed by atoms with Gasteiger partial charge in [0.05, 0.1) is 0 Å². The fourth-order valence-electron chi connectivity index (χ4n) is 1.19. The van der Waals surface area contributed by atoms with Gasteiger partial charge in [-0.15, -0.1) is 0 Å². The molecule has 1 aromatic carbocycles. The largest absolute Gasteiger partial charge is 0.368 e. The van der Waals surface area contributed by atoms with Crippen molar-refractivity contribution in [2.45, 2.75) is 6.04 Å². The quantitative estimate of drug-likeness (QED) is 0.862. The van der Waals surface area contributed by atoms with Crippen LogP contribution in [0, 0.1) is 5.82 Å². The highest BCUT2D eigenvalue weighted by atomic mass is 79.9. The van der Waals surface area contributed by atoms with Crippen molar-refractivity contribution >= 4 is 21.8 Å². The van der Waals surface area contributed by atoms with E-state index < -0.39 is 17.8 Å². The van der Waals surface area contributed by atoms with E-state index in [1.807, 2.05) is 0 Å². The first-order valence-electron chi connectivity index (χ1n) is 3.97. The summed E-state index contributed by atoms with van der Waals surface area (Å²) in [5.41, 5.74) is 5.36. The average Bonchev–Trinajstić information content (AvgIpc) is 2.11. The number of carbonyl (C=O) groups is 1. The van der Waals surface area contributed by atoms with Crippen LogP contribution in [-0.4, -0.2) is 13.0 Å². The Morgan fingerprint density at radius 3 is 2.79 bits per heavy atom. The molecule has 0 spiro atoms. The molecular weight excluding hydrogens is 251 g/mol. The van der Waals surface area contributed by atoms with Crippen molar-refractivity contribution in [1.82, 2.24) is 5.32 Å². The maximum Gasteiger partial charge on any atom is 0.239 e. The van der Waals surface area contributed by atoms with E-state index in [1.165, 1.54) is 12.1 Å². The molecule has 0 aliphatic heterocycles. The van der Waals surface area contributed by atoms with Gasteiger partial charge in [-0.3, -0.25) is 4.79 Å². The van der Waals surface area contributed by atoms with E-state index in [1.54, 1.807) is 13.1 Å². The maximum atomic E-state index is 13.3. The third-order valence-electron chi connectivity index (χ3n) is 1.84. The lowest BCUT2D eigenvalue weighted by Gasteiger charge is -2.13. The summed E-state index contributed by atoms with van der Waals surface area (Å²) < 4.78 is 14.0. The third-order valence-corrected chi connectivity index (χ3v) is 2.34. The van der Waals surface area contributed by atoms with Gasteiger partial charge in [-0.05, 0) is 25.2 Å². The number of likely N-dealkylation sites (N-methyl/N-ethyl adjacent to an activating group) is 1. The standard InChI is InChI=1S/C9H10BrFN2O/c1-13-8(9(12)14)6-4-5(10)2-3-7(6)11/h2-4,8,13H,1H3,(H2,12,14)/t8-/m1/s1. The van der Waals surface area contributed by atoms with Crippen LogP contribution in [0.15, 0.2) is 22.7 Å². The molecule has 3 N–H and O–H groups in total. The Balaban J connectivity index is 3.15. The molecule has 0 fully saturated rings. The minimum Gasteiger partial charge on any atom is -0.368 e. The van der Waals surface area contributed by atoms with Gasteiger partial charge in [-0.2, -0.15) is 0 Å². The fourth-order valence-corrected chi connectivity index (χ4v) is 1.57. The summed E-state index contributed by atoms with van der Waals surface area (Å²) in [4.78, 5) is 11.0. The predicted molar refractivity (Wildman–Crippen MR) is 55.1 cm³/mol. The molecule has 0 unspecified atom stereocenters. The molecule has 1 amide bonds. The summed E-state index contributed by atoms with van der Waals surface area (Å²) in [5, 5.41) is 2.65. The molecule has 14 heavy (non-hydrogen) atoms. The van der Waals surface area contributed by atoms with Gasteiger partial charge in [0.25, 0.3) is 0 Å². The molecule has 0 saturated carbocycles. The van der Waals surface area contributed by atoms with Gasteiger partial charge in [0.15, 0.2) is 0 Å². The topological polar surface area (TPSA) is 55.1 Å². The number of benzene rings is 1. The Bertz CT molecular complexity index is 357. The van der Waals surface area contributed by atoms with Crippen molar-refractivity contribution in [1.29, 1.82) is 0 Å². The SMILES string of the molecule is CN[C@@H](C(N)=O)c1cc(Br)ccc1F. The number of amides is 1. The van der Waals surface area contributed by atoms with E-state index in [0.717, 1.165) is 0 Å². The number of nitrogens with two attached hydrogens (primary N) is 1. The minimum atomic E-state index is -0.799. The summed E-state index contributed by atoms with van der Waals surface area (Å²) in [6.07, 6.45) is 0. The zero-order chi connectivity index (χ0) is 10.7. The van der Waals surface area contributed by atoms with Crippen LogP contribution in [0.1, 0.15) is 11.6 Å². The number of carbonyl (C=O) groups excluding carboxylic acids is 1. The summed E-state index contributed by atoms with van der Waals surface area (Å²) >= 11 is 3.20. The maximum absolute atomic E-state index is 13.3. The van der Waals surface area contributed by atoms with Gasteiger partial charge >= 0.3 is 0 Å². The molecule has 3 nitrogen and oxygen atoms in total. The number of rotatable bonds is 3. The Labute approximate surface area is 89.6 Å². The smallest absolute Gasteiger partial charge is 0.239 e. The van der Waals surface area contributed by atoms with E-state index >= 15 is 0 Å². The second-order valence-corrected chi connectivity index (χ2v) is 3.71. The molecule has 1 rings (SSSR count). The number of primary amides is 1. The predicted octanol–water partition coefficient (Wildman–Crippen LogP) is 1.33. The van der Waals surface area contributed by atoms with Gasteiger partial charge in [0.2, 0.25) is 5.91 Å². The number of hydrogen-bond donors (Lipinski definition) is 2. The summed E-state index contributed by atoms with van der Waals surface area (Å²) in [6, 6.07) is 3.58. The lowest BCUT2D eigenvalue weighted by molar-refractivity contribution is -0.120. The van der Waals surface area contributed by atoms with Crippen LogP contribution in [0.3, 0.4) is 0 Å². The van der Waals surface area contributed by atoms with E-state index in [4.69, 9.17) is 5.73 Å². The van der Waals surface area contributed by atoms with Crippen molar-refractivity contribution in [3.8, 4) is 0 Å². The van der Waals surface area contributed by atoms with Crippen LogP contribution in [0.2, 0.25) is 0 Å². The number of halogens is 2. The Morgan fingerprint density at radius 1 is 1.64 bits per heavy atom. The van der Waals surface area contributed by atoms with Gasteiger partial charge in [0, 0.05) is 10.0 Å². The second-order valence-electron chi connectivity index (χ2n) is 2.79. The highest BCUT2D eigenvalue weighted by Gasteiger charge is 2.19. The normalized spacial score (nSPS) is 12.5. The van der Waals surface area contributed by atoms with Crippen LogP contribution >= 0.6 is 15.9 Å². The third kappa shape index (κ3) is 2.30. The van der Waals surface area contributed by atoms with Gasteiger partial charge in [0.1, 0.15) is 11.9 Å². The monoisotopic (exact) mass is 260 g/mol. The summed E-state index contributed by atoms with van der Waals surface area (Å²) in [6.45, 7) is 0. The molecule has 1 atom stereocenters. The summed E-state index contributed by atoms with van der Waals surface area (Å²) in [7, 11) is 1.55. The fraction of sp³-hybridized carbons (Fsp3) is 0.222. The molecule has 0 bridgehead atoms. The van der Waals surface area contributed by atoms with Crippen molar-refractivity contribution < 1.29 is 9.18 Å². The van der Waals surface area contributed by atoms with Gasteiger partial charge < -0.3 is 11.1 Å². The minimum absolute atomic E-state index is 0.245. The molecular formula is C9H10BrFN2O. The van der Waals surface area contributed by atoms with Crippen molar-refractivity contribution in [2.24, 2.45) is 5.73 Å². The molecule has 0 aliphatic rings. The number of hydrogen-bond acceptors (Lipinski definition) is 2. The van der Waals surface area contributed by atoms with Crippen LogP contribution in [0.25, 0.3) is 0 Å². The molecule has 0 aliphatic carbocycles. The van der Waals surface area contributed by atoms with Crippen molar-refractivity contribution in [2.75, 3.05) is 7.05 Å². The Hall–Kier alpha value is -0.940. The molecule has 5 heteroatoms. The molecule has 0 radical (unpaired) electrons. The lowest BCUT2D eigenvalue weighted by Crippen LogP contribution is -2.31. The van der Waals surface area contributed by atoms with Gasteiger partial charge in [-0.25, -0.2) is 4.39 Å². The van der Waals surface area contributed by atoms with E-state index in [9.17, 15) is 9.18 Å². The first kappa shape index (κ1) is 11.1. The van der Waals surface area contributed by atoms with Crippen molar-refractivity contribution in [3.63, 3.8) is 0 Å². The van der Waals surface area contributed by atoms with E-state index in [0.29, 0.717) is 4.47 Å². The van der Waals surface area contributed by atoms with Crippen LogP contribution < -0.4 is 11.1 Å². The zero-order valence-corrected chi connectivity index (χ0v) is 9.14. The molecule has 0 aromatic heterocycles. The number of nitrogens with one attached hydrogen (secondary N) is 1. The molecule has 76 valence electrons. The first-order valence-corrected chi connectivity index (χ1v) is 4.77. The lowest BCUT2D eigenvalue weighted by atomic mass is 10.1. The molecule has 0 heterocycles. The second kappa shape index (κ2) is 4.52. The van der Waals surface area contributed by atoms with Crippen LogP contribution in [0.4, 0.5) is 4.39 Å². The highest BCUT2D eigenvalue weighted by molar-refractivity contribution is 9.10. The van der Waals surface area contributed by atoms with E-state index in [2.05, 4.69) is 21.2 Å². The van der Waals surface area contributed by atoms with Crippen LogP contribution in [0.5, 0.6) is 0 Å². The van der Waals surface area contributed by atoms with Crippen molar-refractivity contribution in [3.05, 3.63) is 34.1 Å². The molecule has 0 saturated heterocycles. The zero-order valence-electron chi connectivity index (χ0n) is 7.55. The van der Waals surface area contributed by atoms with Gasteiger partial charge in [-0.1, -0.05) is 15.9 Å². The first-order chi connectivity index (χ1) is 6.56. The highest BCUT2D eigenvalue weighted by Crippen LogP contribution is 2.21. The average molecular weight is 261 g/mol. The Morgan fingerprint density at radius 2 is 2.29 bits per heavy atom. The van der Waals surface area contributed by atoms with E-state index in [-0.39, 0.29) is 5.56 Å².